The summed E-state index contributed by atoms with van der Waals surface area (Å²) in [6.45, 7) is 2.90. The summed E-state index contributed by atoms with van der Waals surface area (Å²) in [5, 5.41) is 10.6. The fourth-order valence-corrected chi connectivity index (χ4v) is 5.22. The van der Waals surface area contributed by atoms with Crippen molar-refractivity contribution < 1.29 is 14.3 Å². The van der Waals surface area contributed by atoms with E-state index in [1.165, 1.54) is 11.1 Å². The molecule has 1 aromatic heterocycles. The molecule has 0 atom stereocenters. The molecule has 34 heavy (non-hydrogen) atoms. The van der Waals surface area contributed by atoms with E-state index < -0.39 is 0 Å². The quantitative estimate of drug-likeness (QED) is 0.592. The molecule has 0 radical (unpaired) electrons. The number of nitriles is 1. The lowest BCUT2D eigenvalue weighted by molar-refractivity contribution is -0.137. The summed E-state index contributed by atoms with van der Waals surface area (Å²) in [6.07, 6.45) is 4.06. The second kappa shape index (κ2) is 9.22. The average Bonchev–Trinajstić information content (AvgIpc) is 2.90. The Morgan fingerprint density at radius 3 is 2.47 bits per heavy atom. The van der Waals surface area contributed by atoms with Crippen molar-refractivity contribution in [2.75, 3.05) is 38.8 Å². The van der Waals surface area contributed by atoms with E-state index in [-0.39, 0.29) is 11.8 Å². The van der Waals surface area contributed by atoms with E-state index in [0.717, 1.165) is 42.4 Å². The van der Waals surface area contributed by atoms with Crippen molar-refractivity contribution in [2.45, 2.75) is 25.8 Å². The van der Waals surface area contributed by atoms with Crippen LogP contribution in [0.4, 0.5) is 5.69 Å². The Hall–Kier alpha value is -3.79. The standard InChI is InChI=1S/C27H28N4O3/c1-33-24-13-22-23(14-25(24)34-2)29-16-21(15-28)26(22)30-10-8-19(9-11-30)27(32)31-12-7-18-5-3-4-6-20(18)17-31/h3-6,13-14,16,19H,7-12,17H2,1-2H3. The van der Waals surface area contributed by atoms with Crippen molar-refractivity contribution >= 4 is 22.5 Å². The highest BCUT2D eigenvalue weighted by molar-refractivity contribution is 5.96. The van der Waals surface area contributed by atoms with Gasteiger partial charge < -0.3 is 19.3 Å². The molecule has 0 bridgehead atoms. The maximum absolute atomic E-state index is 13.3. The van der Waals surface area contributed by atoms with E-state index in [1.54, 1.807) is 20.4 Å². The molecule has 0 spiro atoms. The van der Waals surface area contributed by atoms with E-state index in [4.69, 9.17) is 9.47 Å². The van der Waals surface area contributed by atoms with Gasteiger partial charge in [-0.05, 0) is 36.5 Å². The van der Waals surface area contributed by atoms with Crippen LogP contribution in [0.3, 0.4) is 0 Å². The summed E-state index contributed by atoms with van der Waals surface area (Å²) in [5.41, 5.74) is 4.73. The van der Waals surface area contributed by atoms with E-state index in [1.807, 2.05) is 23.1 Å². The number of piperidine rings is 1. The lowest BCUT2D eigenvalue weighted by Crippen LogP contribution is -2.44. The Morgan fingerprint density at radius 2 is 1.76 bits per heavy atom. The topological polar surface area (TPSA) is 78.7 Å². The number of fused-ring (bicyclic) bond motifs is 2. The van der Waals surface area contributed by atoms with Gasteiger partial charge in [-0.15, -0.1) is 0 Å². The van der Waals surface area contributed by atoms with Crippen molar-refractivity contribution in [3.63, 3.8) is 0 Å². The third-order valence-electron chi connectivity index (χ3n) is 7.07. The summed E-state index contributed by atoms with van der Waals surface area (Å²) in [6, 6.07) is 14.4. The second-order valence-electron chi connectivity index (χ2n) is 8.90. The first kappa shape index (κ1) is 22.0. The number of anilines is 1. The molecule has 0 N–H and O–H groups in total. The zero-order valence-electron chi connectivity index (χ0n) is 19.6. The Labute approximate surface area is 199 Å². The fraction of sp³-hybridized carbons (Fsp3) is 0.370. The monoisotopic (exact) mass is 456 g/mol. The summed E-state index contributed by atoms with van der Waals surface area (Å²) in [7, 11) is 3.19. The number of hydrogen-bond donors (Lipinski definition) is 0. The molecule has 2 aromatic carbocycles. The fourth-order valence-electron chi connectivity index (χ4n) is 5.22. The second-order valence-corrected chi connectivity index (χ2v) is 8.90. The number of aromatic nitrogens is 1. The average molecular weight is 457 g/mol. The summed E-state index contributed by atoms with van der Waals surface area (Å²) >= 11 is 0. The van der Waals surface area contributed by atoms with Crippen LogP contribution >= 0.6 is 0 Å². The highest BCUT2D eigenvalue weighted by atomic mass is 16.5. The summed E-state index contributed by atoms with van der Waals surface area (Å²) in [5.74, 6) is 1.46. The number of nitrogens with zero attached hydrogens (tertiary/aromatic N) is 4. The van der Waals surface area contributed by atoms with Crippen molar-refractivity contribution in [1.29, 1.82) is 5.26 Å². The molecule has 0 aliphatic carbocycles. The first-order chi connectivity index (χ1) is 16.6. The number of rotatable bonds is 4. The first-order valence-corrected chi connectivity index (χ1v) is 11.7. The van der Waals surface area contributed by atoms with Crippen molar-refractivity contribution in [3.8, 4) is 17.6 Å². The molecule has 1 fully saturated rings. The normalized spacial score (nSPS) is 16.1. The van der Waals surface area contributed by atoms with E-state index in [9.17, 15) is 10.1 Å². The number of ether oxygens (including phenoxy) is 2. The summed E-state index contributed by atoms with van der Waals surface area (Å²) in [4.78, 5) is 22.0. The number of benzene rings is 2. The third-order valence-corrected chi connectivity index (χ3v) is 7.07. The van der Waals surface area contributed by atoms with Gasteiger partial charge in [-0.1, -0.05) is 24.3 Å². The number of carbonyl (C=O) groups excluding carboxylic acids is 1. The Morgan fingerprint density at radius 1 is 1.06 bits per heavy atom. The van der Waals surface area contributed by atoms with Crippen LogP contribution in [-0.4, -0.2) is 49.6 Å². The van der Waals surface area contributed by atoms with Gasteiger partial charge in [-0.2, -0.15) is 5.26 Å². The molecule has 174 valence electrons. The molecule has 7 nitrogen and oxygen atoms in total. The lowest BCUT2D eigenvalue weighted by Gasteiger charge is -2.37. The van der Waals surface area contributed by atoms with Gasteiger partial charge in [0.1, 0.15) is 6.07 Å². The molecule has 0 unspecified atom stereocenters. The summed E-state index contributed by atoms with van der Waals surface area (Å²) < 4.78 is 10.9. The lowest BCUT2D eigenvalue weighted by atomic mass is 9.92. The maximum Gasteiger partial charge on any atom is 0.226 e. The van der Waals surface area contributed by atoms with Crippen molar-refractivity contribution in [1.82, 2.24) is 9.88 Å². The van der Waals surface area contributed by atoms with Crippen LogP contribution in [0.25, 0.3) is 10.9 Å². The minimum absolute atomic E-state index is 0.00906. The zero-order valence-corrected chi connectivity index (χ0v) is 19.6. The van der Waals surface area contributed by atoms with E-state index in [0.29, 0.717) is 36.7 Å². The van der Waals surface area contributed by atoms with Gasteiger partial charge in [0, 0.05) is 49.7 Å². The highest BCUT2D eigenvalue weighted by Gasteiger charge is 2.31. The first-order valence-electron chi connectivity index (χ1n) is 11.7. The third kappa shape index (κ3) is 3.90. The number of pyridine rings is 1. The molecule has 3 heterocycles. The van der Waals surface area contributed by atoms with E-state index in [2.05, 4.69) is 34.2 Å². The maximum atomic E-state index is 13.3. The SMILES string of the molecule is COc1cc2ncc(C#N)c(N3CCC(C(=O)N4CCc5ccccc5C4)CC3)c2cc1OC. The Bertz CT molecular complexity index is 1270. The van der Waals surface area contributed by atoms with Gasteiger partial charge in [0.15, 0.2) is 11.5 Å². The molecular formula is C27H28N4O3. The van der Waals surface area contributed by atoms with Crippen LogP contribution in [0.2, 0.25) is 0 Å². The van der Waals surface area contributed by atoms with Gasteiger partial charge in [-0.25, -0.2) is 0 Å². The van der Waals surface area contributed by atoms with Crippen LogP contribution in [-0.2, 0) is 17.8 Å². The van der Waals surface area contributed by atoms with Gasteiger partial charge >= 0.3 is 0 Å². The largest absolute Gasteiger partial charge is 0.493 e. The van der Waals surface area contributed by atoms with Crippen molar-refractivity contribution in [2.24, 2.45) is 5.92 Å². The number of methoxy groups -OCH3 is 2. The predicted molar refractivity (Wildman–Crippen MR) is 130 cm³/mol. The Kier molecular flexibility index (Phi) is 5.97. The predicted octanol–water partition coefficient (Wildman–Crippen LogP) is 3.92. The van der Waals surface area contributed by atoms with Crippen LogP contribution in [0.5, 0.6) is 11.5 Å². The minimum atomic E-state index is 0.00906. The Balaban J connectivity index is 1.36. The molecule has 3 aromatic rings. The van der Waals surface area contributed by atoms with Gasteiger partial charge in [-0.3, -0.25) is 9.78 Å². The molecule has 0 saturated carbocycles. The van der Waals surface area contributed by atoms with E-state index >= 15 is 0 Å². The molecule has 1 saturated heterocycles. The number of hydrogen-bond acceptors (Lipinski definition) is 6. The minimum Gasteiger partial charge on any atom is -0.493 e. The number of carbonyl (C=O) groups is 1. The highest BCUT2D eigenvalue weighted by Crippen LogP contribution is 2.38. The van der Waals surface area contributed by atoms with Gasteiger partial charge in [0.05, 0.1) is 31.0 Å². The molecule has 1 amide bonds. The molecule has 2 aliphatic heterocycles. The molecule has 2 aliphatic rings. The molecule has 5 rings (SSSR count). The zero-order chi connectivity index (χ0) is 23.7. The van der Waals surface area contributed by atoms with Gasteiger partial charge in [0.2, 0.25) is 5.91 Å². The smallest absolute Gasteiger partial charge is 0.226 e. The van der Waals surface area contributed by atoms with Gasteiger partial charge in [0.25, 0.3) is 0 Å². The van der Waals surface area contributed by atoms with Crippen LogP contribution in [0.15, 0.2) is 42.6 Å². The number of amides is 1. The van der Waals surface area contributed by atoms with Crippen molar-refractivity contribution in [3.05, 3.63) is 59.3 Å². The van der Waals surface area contributed by atoms with Crippen LogP contribution in [0, 0.1) is 17.2 Å². The molecule has 7 heteroatoms. The van der Waals surface area contributed by atoms with Crippen LogP contribution < -0.4 is 14.4 Å². The molecular weight excluding hydrogens is 428 g/mol. The van der Waals surface area contributed by atoms with Crippen LogP contribution in [0.1, 0.15) is 29.5 Å².